The Kier molecular flexibility index (Phi) is 5.79. The van der Waals surface area contributed by atoms with Crippen LogP contribution in [0.25, 0.3) is 0 Å². The van der Waals surface area contributed by atoms with E-state index < -0.39 is 0 Å². The van der Waals surface area contributed by atoms with Crippen molar-refractivity contribution in [2.24, 2.45) is 0 Å². The van der Waals surface area contributed by atoms with Crippen molar-refractivity contribution in [1.82, 2.24) is 5.32 Å². The minimum Gasteiger partial charge on any atom is -0.352 e. The molecule has 1 atom stereocenters. The second-order valence-corrected chi connectivity index (χ2v) is 5.24. The molecule has 0 heterocycles. The summed E-state index contributed by atoms with van der Waals surface area (Å²) in [7, 11) is 0. The van der Waals surface area contributed by atoms with Gasteiger partial charge in [-0.05, 0) is 44.4 Å². The minimum absolute atomic E-state index is 0.0766. The molecule has 0 radical (unpaired) electrons. The van der Waals surface area contributed by atoms with Crippen LogP contribution < -0.4 is 5.32 Å². The average molecular weight is 274 g/mol. The lowest BCUT2D eigenvalue weighted by molar-refractivity contribution is 0.0952. The minimum atomic E-state index is -0.0766. The summed E-state index contributed by atoms with van der Waals surface area (Å²) in [5.74, 6) is -0.0766. The Labute approximate surface area is 112 Å². The number of amides is 1. The second-order valence-electron chi connectivity index (χ2n) is 4.09. The van der Waals surface area contributed by atoms with E-state index in [1.807, 2.05) is 13.8 Å². The van der Waals surface area contributed by atoms with Crippen LogP contribution in [0.2, 0.25) is 5.02 Å². The normalized spacial score (nSPS) is 12.2. The predicted molar refractivity (Wildman–Crippen MR) is 73.1 cm³/mol. The van der Waals surface area contributed by atoms with Gasteiger partial charge in [0, 0.05) is 22.5 Å². The van der Waals surface area contributed by atoms with Crippen molar-refractivity contribution in [3.8, 4) is 0 Å². The van der Waals surface area contributed by atoms with Crippen molar-refractivity contribution in [2.75, 3.05) is 6.54 Å². The van der Waals surface area contributed by atoms with Gasteiger partial charge in [-0.1, -0.05) is 17.7 Å². The van der Waals surface area contributed by atoms with Gasteiger partial charge < -0.3 is 5.32 Å². The van der Waals surface area contributed by atoms with Crippen molar-refractivity contribution in [2.45, 2.75) is 32.1 Å². The highest BCUT2D eigenvalue weighted by Gasteiger charge is 2.10. The van der Waals surface area contributed by atoms with Crippen LogP contribution in [0.5, 0.6) is 0 Å². The molecule has 17 heavy (non-hydrogen) atoms. The number of benzene rings is 1. The Hall–Kier alpha value is -0.730. The Morgan fingerprint density at radius 3 is 2.82 bits per heavy atom. The third-order valence-corrected chi connectivity index (χ3v) is 3.20. The van der Waals surface area contributed by atoms with Crippen LogP contribution in [0.4, 0.5) is 0 Å². The van der Waals surface area contributed by atoms with Crippen LogP contribution in [0, 0.1) is 6.92 Å². The molecule has 94 valence electrons. The molecule has 0 aromatic heterocycles. The average Bonchev–Trinajstić information content (AvgIpc) is 2.27. The number of carbonyl (C=O) groups is 1. The number of nitrogens with one attached hydrogen (secondary N) is 1. The fourth-order valence-corrected chi connectivity index (χ4v) is 1.86. The topological polar surface area (TPSA) is 29.1 Å². The van der Waals surface area contributed by atoms with Crippen LogP contribution in [0.15, 0.2) is 18.2 Å². The van der Waals surface area contributed by atoms with Gasteiger partial charge >= 0.3 is 0 Å². The Morgan fingerprint density at radius 1 is 1.47 bits per heavy atom. The van der Waals surface area contributed by atoms with E-state index in [4.69, 9.17) is 23.2 Å². The van der Waals surface area contributed by atoms with Gasteiger partial charge in [-0.25, -0.2) is 0 Å². The first-order valence-electron chi connectivity index (χ1n) is 5.69. The van der Waals surface area contributed by atoms with Crippen LogP contribution in [-0.4, -0.2) is 17.8 Å². The maximum Gasteiger partial charge on any atom is 0.251 e. The molecule has 2 nitrogen and oxygen atoms in total. The lowest BCUT2D eigenvalue weighted by atomic mass is 10.1. The zero-order chi connectivity index (χ0) is 12.8. The molecule has 4 heteroatoms. The smallest absolute Gasteiger partial charge is 0.251 e. The lowest BCUT2D eigenvalue weighted by Crippen LogP contribution is -2.25. The van der Waals surface area contributed by atoms with E-state index in [9.17, 15) is 4.79 Å². The predicted octanol–water partition coefficient (Wildman–Crippen LogP) is 3.79. The van der Waals surface area contributed by atoms with Gasteiger partial charge in [0.1, 0.15) is 0 Å². The molecule has 1 N–H and O–H groups in total. The first-order chi connectivity index (χ1) is 8.02. The fourth-order valence-electron chi connectivity index (χ4n) is 1.53. The third kappa shape index (κ3) is 4.57. The summed E-state index contributed by atoms with van der Waals surface area (Å²) in [5, 5.41) is 3.64. The summed E-state index contributed by atoms with van der Waals surface area (Å²) >= 11 is 11.8. The molecular formula is C13H17Cl2NO. The monoisotopic (exact) mass is 273 g/mol. The van der Waals surface area contributed by atoms with Gasteiger partial charge in [0.15, 0.2) is 0 Å². The van der Waals surface area contributed by atoms with Crippen LogP contribution in [0.1, 0.15) is 35.7 Å². The molecular weight excluding hydrogens is 257 g/mol. The maximum atomic E-state index is 11.9. The van der Waals surface area contributed by atoms with E-state index in [0.717, 1.165) is 18.4 Å². The molecule has 1 unspecified atom stereocenters. The third-order valence-electron chi connectivity index (χ3n) is 2.58. The van der Waals surface area contributed by atoms with Crippen LogP contribution in [0.3, 0.4) is 0 Å². The lowest BCUT2D eigenvalue weighted by Gasteiger charge is -2.09. The molecule has 0 saturated heterocycles. The molecule has 1 rings (SSSR count). The van der Waals surface area contributed by atoms with Crippen molar-refractivity contribution < 1.29 is 4.79 Å². The first-order valence-corrected chi connectivity index (χ1v) is 6.51. The van der Waals surface area contributed by atoms with E-state index in [2.05, 4.69) is 5.32 Å². The summed E-state index contributed by atoms with van der Waals surface area (Å²) in [6.45, 7) is 4.43. The summed E-state index contributed by atoms with van der Waals surface area (Å²) in [6, 6.07) is 5.34. The van der Waals surface area contributed by atoms with Gasteiger partial charge in [0.2, 0.25) is 0 Å². The van der Waals surface area contributed by atoms with E-state index in [1.165, 1.54) is 0 Å². The largest absolute Gasteiger partial charge is 0.352 e. The van der Waals surface area contributed by atoms with Crippen molar-refractivity contribution in [1.29, 1.82) is 0 Å². The van der Waals surface area contributed by atoms with Gasteiger partial charge in [-0.3, -0.25) is 4.79 Å². The maximum absolute atomic E-state index is 11.9. The molecule has 0 aliphatic carbocycles. The van der Waals surface area contributed by atoms with Gasteiger partial charge in [-0.2, -0.15) is 0 Å². The summed E-state index contributed by atoms with van der Waals surface area (Å²) < 4.78 is 0. The molecule has 0 saturated carbocycles. The Morgan fingerprint density at radius 2 is 2.18 bits per heavy atom. The highest BCUT2D eigenvalue weighted by atomic mass is 35.5. The molecule has 1 aromatic carbocycles. The molecule has 0 fully saturated rings. The Balaban J connectivity index is 2.50. The molecule has 0 bridgehead atoms. The number of hydrogen-bond acceptors (Lipinski definition) is 1. The molecule has 0 spiro atoms. The second kappa shape index (κ2) is 6.87. The number of hydrogen-bond donors (Lipinski definition) is 1. The highest BCUT2D eigenvalue weighted by Crippen LogP contribution is 2.18. The molecule has 0 aliphatic heterocycles. The van der Waals surface area contributed by atoms with E-state index in [-0.39, 0.29) is 11.3 Å². The SMILES string of the molecule is Cc1c(Cl)cccc1C(=O)NCCCC(C)Cl. The van der Waals surface area contributed by atoms with E-state index in [1.54, 1.807) is 18.2 Å². The summed E-state index contributed by atoms with van der Waals surface area (Å²) in [4.78, 5) is 11.9. The van der Waals surface area contributed by atoms with E-state index in [0.29, 0.717) is 17.1 Å². The molecule has 1 aromatic rings. The van der Waals surface area contributed by atoms with Crippen LogP contribution in [-0.2, 0) is 0 Å². The standard InChI is InChI=1S/C13H17Cl2NO/c1-9(14)5-4-8-16-13(17)11-6-3-7-12(15)10(11)2/h3,6-7,9H,4-5,8H2,1-2H3,(H,16,17). The zero-order valence-corrected chi connectivity index (χ0v) is 11.6. The van der Waals surface area contributed by atoms with Crippen molar-refractivity contribution in [3.05, 3.63) is 34.3 Å². The van der Waals surface area contributed by atoms with Gasteiger partial charge in [0.05, 0.1) is 0 Å². The Bertz CT molecular complexity index is 391. The van der Waals surface area contributed by atoms with Crippen molar-refractivity contribution in [3.63, 3.8) is 0 Å². The van der Waals surface area contributed by atoms with Crippen molar-refractivity contribution >= 4 is 29.1 Å². The zero-order valence-electron chi connectivity index (χ0n) is 10.1. The number of rotatable bonds is 5. The number of alkyl halides is 1. The van der Waals surface area contributed by atoms with Gasteiger partial charge in [0.25, 0.3) is 5.91 Å². The number of halogens is 2. The van der Waals surface area contributed by atoms with E-state index >= 15 is 0 Å². The molecule has 1 amide bonds. The summed E-state index contributed by atoms with van der Waals surface area (Å²) in [5.41, 5.74) is 1.45. The first kappa shape index (κ1) is 14.3. The van der Waals surface area contributed by atoms with Gasteiger partial charge in [-0.15, -0.1) is 11.6 Å². The van der Waals surface area contributed by atoms with Crippen LogP contribution >= 0.6 is 23.2 Å². The summed E-state index contributed by atoms with van der Waals surface area (Å²) in [6.07, 6.45) is 1.78. The molecule has 0 aliphatic rings. The number of carbonyl (C=O) groups excluding carboxylic acids is 1. The fraction of sp³-hybridized carbons (Fsp3) is 0.462. The highest BCUT2D eigenvalue weighted by molar-refractivity contribution is 6.31. The quantitative estimate of drug-likeness (QED) is 0.642.